The molecule has 1 atom stereocenters. The van der Waals surface area contributed by atoms with Crippen molar-refractivity contribution in [3.8, 4) is 6.07 Å². The van der Waals surface area contributed by atoms with Crippen LogP contribution in [-0.4, -0.2) is 0 Å². The molecule has 1 aliphatic carbocycles. The van der Waals surface area contributed by atoms with Crippen molar-refractivity contribution in [1.82, 2.24) is 0 Å². The van der Waals surface area contributed by atoms with Gasteiger partial charge in [-0.1, -0.05) is 12.1 Å². The van der Waals surface area contributed by atoms with Gasteiger partial charge in [0.1, 0.15) is 0 Å². The van der Waals surface area contributed by atoms with Crippen molar-refractivity contribution in [2.45, 2.75) is 18.5 Å². The molecule has 1 unspecified atom stereocenters. The number of benzene rings is 1. The molecule has 1 nitrogen and oxygen atoms in total. The first-order valence-electron chi connectivity index (χ1n) is 4.12. The molecule has 0 bridgehead atoms. The van der Waals surface area contributed by atoms with E-state index in [1.54, 1.807) is 6.07 Å². The molecule has 0 saturated carbocycles. The molecule has 0 spiro atoms. The van der Waals surface area contributed by atoms with E-state index >= 15 is 0 Å². The lowest BCUT2D eigenvalue weighted by molar-refractivity contribution is -0.138. The van der Waals surface area contributed by atoms with Crippen LogP contribution in [0.2, 0.25) is 0 Å². The highest BCUT2D eigenvalue weighted by atomic mass is 19.4. The van der Waals surface area contributed by atoms with Gasteiger partial charge < -0.3 is 0 Å². The molecular formula is C10H6F3N. The highest BCUT2D eigenvalue weighted by molar-refractivity contribution is 5.49. The van der Waals surface area contributed by atoms with Crippen molar-refractivity contribution in [1.29, 1.82) is 5.26 Å². The standard InChI is InChI=1S/C10H6F3N/c11-10(12,13)9-3-1-2-7-6(5-14)4-8(7)9/h1-3,6H,4H2. The van der Waals surface area contributed by atoms with Crippen molar-refractivity contribution >= 4 is 0 Å². The molecule has 0 saturated heterocycles. The minimum absolute atomic E-state index is 0.224. The summed E-state index contributed by atoms with van der Waals surface area (Å²) in [6.07, 6.45) is -4.08. The Morgan fingerprint density at radius 1 is 1.36 bits per heavy atom. The van der Waals surface area contributed by atoms with Gasteiger partial charge in [0.2, 0.25) is 0 Å². The molecule has 0 aliphatic heterocycles. The van der Waals surface area contributed by atoms with Crippen LogP contribution in [0.4, 0.5) is 13.2 Å². The third-order valence-corrected chi connectivity index (χ3v) is 2.46. The molecule has 0 N–H and O–H groups in total. The molecule has 72 valence electrons. The Hall–Kier alpha value is -1.50. The minimum Gasteiger partial charge on any atom is -0.198 e. The van der Waals surface area contributed by atoms with Gasteiger partial charge in [0.05, 0.1) is 17.6 Å². The quantitative estimate of drug-likeness (QED) is 0.627. The normalized spacial score (nSPS) is 19.4. The van der Waals surface area contributed by atoms with Crippen molar-refractivity contribution in [3.05, 3.63) is 34.9 Å². The third-order valence-electron chi connectivity index (χ3n) is 2.46. The van der Waals surface area contributed by atoms with E-state index < -0.39 is 11.7 Å². The molecule has 0 radical (unpaired) electrons. The van der Waals surface area contributed by atoms with E-state index in [0.29, 0.717) is 5.56 Å². The van der Waals surface area contributed by atoms with Crippen LogP contribution in [0.3, 0.4) is 0 Å². The van der Waals surface area contributed by atoms with Crippen LogP contribution in [0.5, 0.6) is 0 Å². The van der Waals surface area contributed by atoms with Crippen molar-refractivity contribution < 1.29 is 13.2 Å². The fourth-order valence-electron chi connectivity index (χ4n) is 1.72. The molecule has 0 fully saturated rings. The van der Waals surface area contributed by atoms with Crippen LogP contribution in [0, 0.1) is 11.3 Å². The van der Waals surface area contributed by atoms with Gasteiger partial charge in [-0.3, -0.25) is 0 Å². The molecule has 4 heteroatoms. The number of hydrogen-bond acceptors (Lipinski definition) is 1. The second kappa shape index (κ2) is 2.74. The Balaban J connectivity index is 2.49. The third kappa shape index (κ3) is 1.17. The molecular weight excluding hydrogens is 191 g/mol. The number of alkyl halides is 3. The van der Waals surface area contributed by atoms with Crippen LogP contribution in [0.15, 0.2) is 18.2 Å². The van der Waals surface area contributed by atoms with Crippen LogP contribution >= 0.6 is 0 Å². The second-order valence-electron chi connectivity index (χ2n) is 3.26. The Kier molecular flexibility index (Phi) is 1.78. The summed E-state index contributed by atoms with van der Waals surface area (Å²) < 4.78 is 37.2. The number of nitriles is 1. The average molecular weight is 197 g/mol. The topological polar surface area (TPSA) is 23.8 Å². The zero-order chi connectivity index (χ0) is 10.3. The Morgan fingerprint density at radius 2 is 2.07 bits per heavy atom. The summed E-state index contributed by atoms with van der Waals surface area (Å²) in [5, 5.41) is 8.60. The molecule has 1 aromatic rings. The predicted molar refractivity (Wildman–Crippen MR) is 43.5 cm³/mol. The molecule has 1 aliphatic rings. The van der Waals surface area contributed by atoms with Crippen LogP contribution in [0.1, 0.15) is 22.6 Å². The van der Waals surface area contributed by atoms with Gasteiger partial charge >= 0.3 is 6.18 Å². The summed E-state index contributed by atoms with van der Waals surface area (Å²) in [7, 11) is 0. The fraction of sp³-hybridized carbons (Fsp3) is 0.300. The summed E-state index contributed by atoms with van der Waals surface area (Å²) in [5.41, 5.74) is 0.218. The maximum Gasteiger partial charge on any atom is 0.416 e. The molecule has 14 heavy (non-hydrogen) atoms. The summed E-state index contributed by atoms with van der Waals surface area (Å²) in [4.78, 5) is 0. The van der Waals surface area contributed by atoms with Gasteiger partial charge in [-0.05, 0) is 23.6 Å². The maximum absolute atomic E-state index is 12.4. The summed E-state index contributed by atoms with van der Waals surface area (Å²) in [6.45, 7) is 0. The zero-order valence-electron chi connectivity index (χ0n) is 7.10. The van der Waals surface area contributed by atoms with Crippen molar-refractivity contribution in [2.75, 3.05) is 0 Å². The summed E-state index contributed by atoms with van der Waals surface area (Å²) in [6, 6.07) is 5.97. The highest BCUT2D eigenvalue weighted by Crippen LogP contribution is 2.42. The Labute approximate surface area is 78.8 Å². The summed E-state index contributed by atoms with van der Waals surface area (Å²) in [5.74, 6) is -0.354. The smallest absolute Gasteiger partial charge is 0.198 e. The maximum atomic E-state index is 12.4. The lowest BCUT2D eigenvalue weighted by atomic mass is 9.76. The van der Waals surface area contributed by atoms with Crippen LogP contribution in [-0.2, 0) is 12.6 Å². The van der Waals surface area contributed by atoms with Crippen LogP contribution < -0.4 is 0 Å². The Morgan fingerprint density at radius 3 is 2.64 bits per heavy atom. The molecule has 0 aromatic heterocycles. The molecule has 0 heterocycles. The van der Waals surface area contributed by atoms with Gasteiger partial charge in [0.15, 0.2) is 0 Å². The van der Waals surface area contributed by atoms with E-state index in [1.165, 1.54) is 6.07 Å². The number of fused-ring (bicyclic) bond motifs is 1. The first-order valence-corrected chi connectivity index (χ1v) is 4.12. The van der Waals surface area contributed by atoms with Gasteiger partial charge in [-0.15, -0.1) is 0 Å². The van der Waals surface area contributed by atoms with E-state index in [2.05, 4.69) is 0 Å². The summed E-state index contributed by atoms with van der Waals surface area (Å²) >= 11 is 0. The number of halogens is 3. The van der Waals surface area contributed by atoms with E-state index in [-0.39, 0.29) is 17.9 Å². The van der Waals surface area contributed by atoms with Gasteiger partial charge in [-0.25, -0.2) is 0 Å². The van der Waals surface area contributed by atoms with Crippen LogP contribution in [0.25, 0.3) is 0 Å². The first kappa shape index (κ1) is 9.07. The molecule has 0 amide bonds. The lowest BCUT2D eigenvalue weighted by Gasteiger charge is -2.27. The lowest BCUT2D eigenvalue weighted by Crippen LogP contribution is -2.21. The van der Waals surface area contributed by atoms with Gasteiger partial charge in [0.25, 0.3) is 0 Å². The second-order valence-corrected chi connectivity index (χ2v) is 3.26. The van der Waals surface area contributed by atoms with Crippen molar-refractivity contribution in [3.63, 3.8) is 0 Å². The first-order chi connectivity index (χ1) is 6.54. The Bertz CT molecular complexity index is 414. The fourth-order valence-corrected chi connectivity index (χ4v) is 1.72. The number of rotatable bonds is 0. The number of nitrogens with zero attached hydrogens (tertiary/aromatic N) is 1. The molecule has 1 aromatic carbocycles. The van der Waals surface area contributed by atoms with Gasteiger partial charge in [0, 0.05) is 0 Å². The van der Waals surface area contributed by atoms with E-state index in [4.69, 9.17) is 5.26 Å². The SMILES string of the molecule is N#CC1Cc2c1cccc2C(F)(F)F. The number of hydrogen-bond donors (Lipinski definition) is 0. The highest BCUT2D eigenvalue weighted by Gasteiger charge is 2.39. The van der Waals surface area contributed by atoms with E-state index in [0.717, 1.165) is 6.07 Å². The minimum atomic E-state index is -4.30. The monoisotopic (exact) mass is 197 g/mol. The van der Waals surface area contributed by atoms with Gasteiger partial charge in [-0.2, -0.15) is 18.4 Å². The predicted octanol–water partition coefficient (Wildman–Crippen LogP) is 2.87. The molecule has 2 rings (SSSR count). The van der Waals surface area contributed by atoms with E-state index in [9.17, 15) is 13.2 Å². The van der Waals surface area contributed by atoms with Crippen molar-refractivity contribution in [2.24, 2.45) is 0 Å². The van der Waals surface area contributed by atoms with E-state index in [1.807, 2.05) is 6.07 Å². The largest absolute Gasteiger partial charge is 0.416 e. The zero-order valence-corrected chi connectivity index (χ0v) is 7.10. The average Bonchev–Trinajstić information content (AvgIpc) is 2.05.